The van der Waals surface area contributed by atoms with Crippen molar-refractivity contribution in [1.29, 1.82) is 0 Å². The first-order valence-electron chi connectivity index (χ1n) is 5.58. The molecule has 0 rings (SSSR count). The first-order chi connectivity index (χ1) is 8.13. The van der Waals surface area contributed by atoms with Crippen LogP contribution in [0.2, 0.25) is 0 Å². The minimum atomic E-state index is -3.04. The van der Waals surface area contributed by atoms with Crippen molar-refractivity contribution in [2.45, 2.75) is 26.3 Å². The fourth-order valence-electron chi connectivity index (χ4n) is 1.24. The highest BCUT2D eigenvalue weighted by Gasteiger charge is 2.22. The summed E-state index contributed by atoms with van der Waals surface area (Å²) in [5.41, 5.74) is 0. The zero-order valence-corrected chi connectivity index (χ0v) is 11.6. The molecule has 8 heteroatoms. The molecule has 2 amide bonds. The van der Waals surface area contributed by atoms with Gasteiger partial charge in [-0.05, 0) is 12.3 Å². The maximum atomic E-state index is 11.4. The summed E-state index contributed by atoms with van der Waals surface area (Å²) >= 11 is 0. The van der Waals surface area contributed by atoms with Gasteiger partial charge in [-0.1, -0.05) is 13.8 Å². The summed E-state index contributed by atoms with van der Waals surface area (Å²) in [7, 11) is -3.04. The molecule has 106 valence electrons. The number of amides is 2. The predicted molar refractivity (Wildman–Crippen MR) is 67.1 cm³/mol. The number of rotatable bonds is 7. The van der Waals surface area contributed by atoms with Crippen LogP contribution >= 0.6 is 0 Å². The van der Waals surface area contributed by atoms with E-state index in [1.165, 1.54) is 0 Å². The van der Waals surface area contributed by atoms with Gasteiger partial charge >= 0.3 is 12.0 Å². The predicted octanol–water partition coefficient (Wildman–Crippen LogP) is -0.170. The van der Waals surface area contributed by atoms with Gasteiger partial charge in [0.15, 0.2) is 0 Å². The van der Waals surface area contributed by atoms with E-state index < -0.39 is 27.9 Å². The van der Waals surface area contributed by atoms with Crippen LogP contribution < -0.4 is 10.6 Å². The van der Waals surface area contributed by atoms with Crippen LogP contribution in [0.25, 0.3) is 0 Å². The molecule has 0 aliphatic heterocycles. The van der Waals surface area contributed by atoms with E-state index >= 15 is 0 Å². The Bertz CT molecular complexity index is 391. The van der Waals surface area contributed by atoms with E-state index in [9.17, 15) is 18.0 Å². The van der Waals surface area contributed by atoms with Crippen LogP contribution in [0.3, 0.4) is 0 Å². The highest BCUT2D eigenvalue weighted by molar-refractivity contribution is 7.90. The Hall–Kier alpha value is -1.31. The molecular weight excluding hydrogens is 260 g/mol. The second kappa shape index (κ2) is 7.20. The van der Waals surface area contributed by atoms with Crippen LogP contribution in [0.15, 0.2) is 0 Å². The maximum Gasteiger partial charge on any atom is 0.326 e. The van der Waals surface area contributed by atoms with Gasteiger partial charge in [0.05, 0.1) is 5.75 Å². The van der Waals surface area contributed by atoms with Crippen molar-refractivity contribution in [3.05, 3.63) is 0 Å². The third kappa shape index (κ3) is 7.88. The van der Waals surface area contributed by atoms with Crippen LogP contribution in [0.1, 0.15) is 20.3 Å². The van der Waals surface area contributed by atoms with E-state index in [1.54, 1.807) is 13.8 Å². The van der Waals surface area contributed by atoms with Crippen molar-refractivity contribution in [2.24, 2.45) is 5.92 Å². The van der Waals surface area contributed by atoms with E-state index in [0.717, 1.165) is 6.26 Å². The highest BCUT2D eigenvalue weighted by atomic mass is 32.2. The molecule has 0 heterocycles. The molecular formula is C10H20N2O5S. The lowest BCUT2D eigenvalue weighted by molar-refractivity contribution is -0.140. The molecule has 0 aromatic heterocycles. The fraction of sp³-hybridized carbons (Fsp3) is 0.800. The molecule has 1 atom stereocenters. The molecule has 0 spiro atoms. The van der Waals surface area contributed by atoms with Gasteiger partial charge in [0.1, 0.15) is 15.9 Å². The van der Waals surface area contributed by atoms with E-state index in [0.29, 0.717) is 6.42 Å². The van der Waals surface area contributed by atoms with Crippen molar-refractivity contribution >= 4 is 21.8 Å². The summed E-state index contributed by atoms with van der Waals surface area (Å²) in [4.78, 5) is 22.2. The first-order valence-corrected chi connectivity index (χ1v) is 7.64. The summed E-state index contributed by atoms with van der Waals surface area (Å²) in [5, 5.41) is 13.6. The van der Waals surface area contributed by atoms with Gasteiger partial charge in [0.2, 0.25) is 0 Å². The summed E-state index contributed by atoms with van der Waals surface area (Å²) < 4.78 is 21.7. The second-order valence-corrected chi connectivity index (χ2v) is 6.70. The van der Waals surface area contributed by atoms with Crippen LogP contribution in [-0.2, 0) is 14.6 Å². The normalized spacial score (nSPS) is 13.1. The Morgan fingerprint density at radius 2 is 1.83 bits per heavy atom. The van der Waals surface area contributed by atoms with Crippen molar-refractivity contribution < 1.29 is 23.1 Å². The zero-order valence-electron chi connectivity index (χ0n) is 10.8. The van der Waals surface area contributed by atoms with Gasteiger partial charge in [0.25, 0.3) is 0 Å². The summed E-state index contributed by atoms with van der Waals surface area (Å²) in [6.45, 7) is 3.55. The number of sulfone groups is 1. The topological polar surface area (TPSA) is 113 Å². The molecule has 0 aromatic carbocycles. The third-order valence-electron chi connectivity index (χ3n) is 2.20. The molecule has 0 radical (unpaired) electrons. The summed E-state index contributed by atoms with van der Waals surface area (Å²) in [6, 6.07) is -1.57. The van der Waals surface area contributed by atoms with Gasteiger partial charge in [-0.15, -0.1) is 0 Å². The van der Waals surface area contributed by atoms with E-state index in [2.05, 4.69) is 10.6 Å². The largest absolute Gasteiger partial charge is 0.480 e. The van der Waals surface area contributed by atoms with Crippen molar-refractivity contribution in [3.63, 3.8) is 0 Å². The van der Waals surface area contributed by atoms with E-state index in [-0.39, 0.29) is 18.2 Å². The van der Waals surface area contributed by atoms with Gasteiger partial charge in [0, 0.05) is 12.8 Å². The molecule has 0 aliphatic rings. The molecule has 0 aliphatic carbocycles. The molecule has 0 unspecified atom stereocenters. The third-order valence-corrected chi connectivity index (χ3v) is 3.23. The summed E-state index contributed by atoms with van der Waals surface area (Å²) in [6.07, 6.45) is 1.41. The number of hydrogen-bond acceptors (Lipinski definition) is 4. The molecule has 0 fully saturated rings. The highest BCUT2D eigenvalue weighted by Crippen LogP contribution is 2.01. The number of carbonyl (C=O) groups excluding carboxylic acids is 1. The fourth-order valence-corrected chi connectivity index (χ4v) is 1.91. The van der Waals surface area contributed by atoms with Gasteiger partial charge < -0.3 is 15.7 Å². The van der Waals surface area contributed by atoms with Crippen LogP contribution in [0.4, 0.5) is 4.79 Å². The Balaban J connectivity index is 4.00. The molecule has 18 heavy (non-hydrogen) atoms. The van der Waals surface area contributed by atoms with E-state index in [1.807, 2.05) is 0 Å². The molecule has 3 N–H and O–H groups in total. The SMILES string of the molecule is CC(C)[C@@H](NC(=O)NCCCS(C)(=O)=O)C(=O)O. The number of hydrogen-bond donors (Lipinski definition) is 3. The van der Waals surface area contributed by atoms with Gasteiger partial charge in [-0.3, -0.25) is 0 Å². The zero-order chi connectivity index (χ0) is 14.3. The average Bonchev–Trinajstić information content (AvgIpc) is 2.18. The first kappa shape index (κ1) is 16.7. The molecule has 0 saturated heterocycles. The standard InChI is InChI=1S/C10H20N2O5S/c1-7(2)8(9(13)14)12-10(15)11-5-4-6-18(3,16)17/h7-8H,4-6H2,1-3H3,(H,13,14)(H2,11,12,15)/t8-/m1/s1. The number of urea groups is 1. The lowest BCUT2D eigenvalue weighted by atomic mass is 10.1. The second-order valence-electron chi connectivity index (χ2n) is 4.44. The Morgan fingerprint density at radius 3 is 2.22 bits per heavy atom. The number of aliphatic carboxylic acids is 1. The Morgan fingerprint density at radius 1 is 1.28 bits per heavy atom. The number of carboxylic acid groups (broad SMARTS) is 1. The quantitative estimate of drug-likeness (QED) is 0.560. The van der Waals surface area contributed by atoms with Gasteiger partial charge in [-0.2, -0.15) is 0 Å². The van der Waals surface area contributed by atoms with Crippen LogP contribution in [0, 0.1) is 5.92 Å². The maximum absolute atomic E-state index is 11.4. The number of nitrogens with one attached hydrogen (secondary N) is 2. The Kier molecular flexibility index (Phi) is 6.67. The smallest absolute Gasteiger partial charge is 0.326 e. The molecule has 7 nitrogen and oxygen atoms in total. The lowest BCUT2D eigenvalue weighted by Gasteiger charge is -2.18. The van der Waals surface area contributed by atoms with Crippen molar-refractivity contribution in [3.8, 4) is 0 Å². The molecule has 0 bridgehead atoms. The monoisotopic (exact) mass is 280 g/mol. The molecule has 0 aromatic rings. The average molecular weight is 280 g/mol. The minimum absolute atomic E-state index is 0.0141. The molecule has 0 saturated carbocycles. The minimum Gasteiger partial charge on any atom is -0.480 e. The van der Waals surface area contributed by atoms with Crippen LogP contribution in [-0.4, -0.2) is 50.1 Å². The van der Waals surface area contributed by atoms with Crippen molar-refractivity contribution in [2.75, 3.05) is 18.6 Å². The van der Waals surface area contributed by atoms with E-state index in [4.69, 9.17) is 5.11 Å². The van der Waals surface area contributed by atoms with Crippen LogP contribution in [0.5, 0.6) is 0 Å². The number of carbonyl (C=O) groups is 2. The summed E-state index contributed by atoms with van der Waals surface area (Å²) in [5.74, 6) is -1.35. The Labute approximate surface area is 107 Å². The van der Waals surface area contributed by atoms with Crippen molar-refractivity contribution in [1.82, 2.24) is 10.6 Å². The number of carboxylic acids is 1. The lowest BCUT2D eigenvalue weighted by Crippen LogP contribution is -2.48. The van der Waals surface area contributed by atoms with Gasteiger partial charge in [-0.25, -0.2) is 18.0 Å².